The van der Waals surface area contributed by atoms with E-state index in [4.69, 9.17) is 0 Å². The number of hydrogen-bond acceptors (Lipinski definition) is 3. The zero-order valence-corrected chi connectivity index (χ0v) is 16.2. The standard InChI is InChI=1S/C26H20O4/c27-23-11-9-19(10-12-23)18-7-5-17(6-8-18)13-24(28)15-22-14-20-3-1-2-4-21(20)16-25(22)26(29)30/h1-12,14,16,27H,13,15H2,(H,29,30). The summed E-state index contributed by atoms with van der Waals surface area (Å²) >= 11 is 0. The van der Waals surface area contributed by atoms with E-state index >= 15 is 0 Å². The summed E-state index contributed by atoms with van der Waals surface area (Å²) in [6, 6.07) is 25.6. The molecule has 0 spiro atoms. The van der Waals surface area contributed by atoms with E-state index in [1.165, 1.54) is 0 Å². The van der Waals surface area contributed by atoms with E-state index in [9.17, 15) is 19.8 Å². The van der Waals surface area contributed by atoms with Crippen LogP contribution in [-0.2, 0) is 17.6 Å². The maximum atomic E-state index is 12.7. The van der Waals surface area contributed by atoms with Gasteiger partial charge in [-0.05, 0) is 57.3 Å². The molecule has 0 aliphatic heterocycles. The molecule has 4 rings (SSSR count). The molecule has 0 bridgehead atoms. The first-order chi connectivity index (χ1) is 14.5. The number of phenols is 1. The van der Waals surface area contributed by atoms with Crippen molar-refractivity contribution in [3.05, 3.63) is 102 Å². The van der Waals surface area contributed by atoms with Crippen LogP contribution in [-0.4, -0.2) is 22.0 Å². The fourth-order valence-electron chi connectivity index (χ4n) is 3.60. The lowest BCUT2D eigenvalue weighted by atomic mass is 9.95. The molecule has 0 atom stereocenters. The Balaban J connectivity index is 1.51. The number of ketones is 1. The number of phenolic OH excluding ortho intramolecular Hbond substituents is 1. The van der Waals surface area contributed by atoms with Crippen LogP contribution in [0.2, 0.25) is 0 Å². The third kappa shape index (κ3) is 4.23. The number of Topliss-reactive ketones (excluding diaryl/α,β-unsaturated/α-hetero) is 1. The smallest absolute Gasteiger partial charge is 0.335 e. The molecule has 4 nitrogen and oxygen atoms in total. The van der Waals surface area contributed by atoms with Gasteiger partial charge in [0.05, 0.1) is 5.56 Å². The predicted molar refractivity (Wildman–Crippen MR) is 117 cm³/mol. The highest BCUT2D eigenvalue weighted by molar-refractivity contribution is 5.98. The molecule has 0 saturated carbocycles. The maximum absolute atomic E-state index is 12.7. The SMILES string of the molecule is O=C(Cc1ccc(-c2ccc(O)cc2)cc1)Cc1cc2ccccc2cc1C(=O)O. The van der Waals surface area contributed by atoms with E-state index in [0.29, 0.717) is 5.56 Å². The molecule has 0 aliphatic rings. The second kappa shape index (κ2) is 8.21. The van der Waals surface area contributed by atoms with Crippen molar-refractivity contribution in [2.75, 3.05) is 0 Å². The zero-order chi connectivity index (χ0) is 21.1. The van der Waals surface area contributed by atoms with Crippen LogP contribution in [0, 0.1) is 0 Å². The molecule has 0 radical (unpaired) electrons. The van der Waals surface area contributed by atoms with Crippen LogP contribution >= 0.6 is 0 Å². The molecule has 0 aromatic heterocycles. The Labute approximate surface area is 174 Å². The highest BCUT2D eigenvalue weighted by Crippen LogP contribution is 2.24. The lowest BCUT2D eigenvalue weighted by molar-refractivity contribution is -0.117. The Morgan fingerprint density at radius 2 is 1.27 bits per heavy atom. The Morgan fingerprint density at radius 1 is 0.700 bits per heavy atom. The van der Waals surface area contributed by atoms with Gasteiger partial charge in [-0.1, -0.05) is 60.7 Å². The molecule has 30 heavy (non-hydrogen) atoms. The quantitative estimate of drug-likeness (QED) is 0.466. The topological polar surface area (TPSA) is 74.6 Å². The number of rotatable bonds is 6. The van der Waals surface area contributed by atoms with Gasteiger partial charge in [0.15, 0.2) is 0 Å². The van der Waals surface area contributed by atoms with Crippen LogP contribution in [0.5, 0.6) is 5.75 Å². The Kier molecular flexibility index (Phi) is 5.31. The molecule has 0 aliphatic carbocycles. The molecule has 0 unspecified atom stereocenters. The van der Waals surface area contributed by atoms with Gasteiger partial charge in [0.1, 0.15) is 11.5 Å². The van der Waals surface area contributed by atoms with Crippen LogP contribution in [0.1, 0.15) is 21.5 Å². The monoisotopic (exact) mass is 396 g/mol. The van der Waals surface area contributed by atoms with Crippen LogP contribution < -0.4 is 0 Å². The minimum absolute atomic E-state index is 0.0369. The molecule has 0 heterocycles. The summed E-state index contributed by atoms with van der Waals surface area (Å²) in [5.41, 5.74) is 3.55. The number of carboxylic acids is 1. The van der Waals surface area contributed by atoms with Gasteiger partial charge in [0.25, 0.3) is 0 Å². The second-order valence-corrected chi connectivity index (χ2v) is 7.30. The first-order valence-corrected chi connectivity index (χ1v) is 9.64. The first-order valence-electron chi connectivity index (χ1n) is 9.64. The highest BCUT2D eigenvalue weighted by Gasteiger charge is 2.15. The number of aromatic carboxylic acids is 1. The van der Waals surface area contributed by atoms with Crippen LogP contribution in [0.3, 0.4) is 0 Å². The molecule has 148 valence electrons. The predicted octanol–water partition coefficient (Wildman–Crippen LogP) is 5.26. The number of fused-ring (bicyclic) bond motifs is 1. The van der Waals surface area contributed by atoms with E-state index in [1.54, 1.807) is 24.3 Å². The van der Waals surface area contributed by atoms with E-state index < -0.39 is 5.97 Å². The van der Waals surface area contributed by atoms with Gasteiger partial charge in [0.2, 0.25) is 0 Å². The van der Waals surface area contributed by atoms with Crippen molar-refractivity contribution >= 4 is 22.5 Å². The molecule has 0 saturated heterocycles. The largest absolute Gasteiger partial charge is 0.508 e. The van der Waals surface area contributed by atoms with Crippen LogP contribution in [0.4, 0.5) is 0 Å². The van der Waals surface area contributed by atoms with Gasteiger partial charge in [0, 0.05) is 12.8 Å². The number of carboxylic acid groups (broad SMARTS) is 1. The summed E-state index contributed by atoms with van der Waals surface area (Å²) in [5, 5.41) is 20.7. The average molecular weight is 396 g/mol. The van der Waals surface area contributed by atoms with Crippen molar-refractivity contribution in [1.82, 2.24) is 0 Å². The summed E-state index contributed by atoms with van der Waals surface area (Å²) < 4.78 is 0. The van der Waals surface area contributed by atoms with Crippen molar-refractivity contribution in [2.45, 2.75) is 12.8 Å². The lowest BCUT2D eigenvalue weighted by Gasteiger charge is -2.09. The summed E-state index contributed by atoms with van der Waals surface area (Å²) in [6.45, 7) is 0. The maximum Gasteiger partial charge on any atom is 0.335 e. The molecule has 0 amide bonds. The summed E-state index contributed by atoms with van der Waals surface area (Å²) in [4.78, 5) is 24.3. The first kappa shape index (κ1) is 19.4. The summed E-state index contributed by atoms with van der Waals surface area (Å²) in [7, 11) is 0. The van der Waals surface area contributed by atoms with Gasteiger partial charge in [-0.3, -0.25) is 4.79 Å². The fraction of sp³-hybridized carbons (Fsp3) is 0.0769. The van der Waals surface area contributed by atoms with E-state index in [1.807, 2.05) is 60.7 Å². The third-order valence-electron chi connectivity index (χ3n) is 5.15. The number of hydrogen-bond donors (Lipinski definition) is 2. The van der Waals surface area contributed by atoms with Crippen molar-refractivity contribution < 1.29 is 19.8 Å². The summed E-state index contributed by atoms with van der Waals surface area (Å²) in [5.74, 6) is -0.845. The number of aromatic hydroxyl groups is 1. The van der Waals surface area contributed by atoms with Gasteiger partial charge in [-0.15, -0.1) is 0 Å². The van der Waals surface area contributed by atoms with Crippen molar-refractivity contribution in [1.29, 1.82) is 0 Å². The Hall–Kier alpha value is -3.92. The Bertz CT molecular complexity index is 1220. The lowest BCUT2D eigenvalue weighted by Crippen LogP contribution is -2.11. The molecular weight excluding hydrogens is 376 g/mol. The van der Waals surface area contributed by atoms with Crippen LogP contribution in [0.25, 0.3) is 21.9 Å². The second-order valence-electron chi connectivity index (χ2n) is 7.30. The van der Waals surface area contributed by atoms with Gasteiger partial charge >= 0.3 is 5.97 Å². The van der Waals surface area contributed by atoms with Crippen molar-refractivity contribution in [3.63, 3.8) is 0 Å². The van der Waals surface area contributed by atoms with Crippen molar-refractivity contribution in [2.24, 2.45) is 0 Å². The molecular formula is C26H20O4. The third-order valence-corrected chi connectivity index (χ3v) is 5.15. The number of carbonyl (C=O) groups excluding carboxylic acids is 1. The van der Waals surface area contributed by atoms with Crippen LogP contribution in [0.15, 0.2) is 84.9 Å². The molecule has 2 N–H and O–H groups in total. The highest BCUT2D eigenvalue weighted by atomic mass is 16.4. The average Bonchev–Trinajstić information content (AvgIpc) is 2.74. The molecule has 4 aromatic carbocycles. The molecule has 4 aromatic rings. The van der Waals surface area contributed by atoms with Gasteiger partial charge in [-0.25, -0.2) is 4.79 Å². The summed E-state index contributed by atoms with van der Waals surface area (Å²) in [6.07, 6.45) is 0.313. The van der Waals surface area contributed by atoms with E-state index in [-0.39, 0.29) is 29.9 Å². The van der Waals surface area contributed by atoms with Crippen molar-refractivity contribution in [3.8, 4) is 16.9 Å². The zero-order valence-electron chi connectivity index (χ0n) is 16.2. The van der Waals surface area contributed by atoms with Gasteiger partial charge < -0.3 is 10.2 Å². The Morgan fingerprint density at radius 3 is 1.87 bits per heavy atom. The van der Waals surface area contributed by atoms with Gasteiger partial charge in [-0.2, -0.15) is 0 Å². The minimum atomic E-state index is -1.03. The van der Waals surface area contributed by atoms with E-state index in [2.05, 4.69) is 0 Å². The fourth-order valence-corrected chi connectivity index (χ4v) is 3.60. The molecule has 0 fully saturated rings. The minimum Gasteiger partial charge on any atom is -0.508 e. The molecule has 4 heteroatoms. The number of benzene rings is 4. The number of carbonyl (C=O) groups is 2. The van der Waals surface area contributed by atoms with E-state index in [0.717, 1.165) is 27.5 Å². The normalized spacial score (nSPS) is 10.8.